The molecule has 1 atom stereocenters. The molecule has 0 spiro atoms. The second-order valence-corrected chi connectivity index (χ2v) is 13.5. The summed E-state index contributed by atoms with van der Waals surface area (Å²) < 4.78 is 60.7. The first-order valence-corrected chi connectivity index (χ1v) is 16.2. The fraction of sp³-hybridized carbons (Fsp3) is 0.188. The lowest BCUT2D eigenvalue weighted by atomic mass is 10.1. The highest BCUT2D eigenvalue weighted by Gasteiger charge is 2.21. The number of hydrogen-bond donors (Lipinski definition) is 1. The summed E-state index contributed by atoms with van der Waals surface area (Å²) in [6, 6.07) is 28.3. The number of benzene rings is 5. The topological polar surface area (TPSA) is 99.5 Å². The fourth-order valence-electron chi connectivity index (χ4n) is 5.05. The van der Waals surface area contributed by atoms with Crippen molar-refractivity contribution in [1.82, 2.24) is 0 Å². The highest BCUT2D eigenvalue weighted by molar-refractivity contribution is 7.88. The van der Waals surface area contributed by atoms with Crippen molar-refractivity contribution in [2.24, 2.45) is 4.36 Å². The maximum absolute atomic E-state index is 13.4. The van der Waals surface area contributed by atoms with E-state index in [4.69, 9.17) is 4.18 Å². The molecule has 0 aliphatic heterocycles. The van der Waals surface area contributed by atoms with Crippen LogP contribution in [-0.4, -0.2) is 51.9 Å². The number of hydrogen-bond acceptors (Lipinski definition) is 7. The Kier molecular flexibility index (Phi) is 8.14. The van der Waals surface area contributed by atoms with E-state index in [1.54, 1.807) is 48.5 Å². The van der Waals surface area contributed by atoms with Gasteiger partial charge < -0.3 is 14.0 Å². The zero-order valence-electron chi connectivity index (χ0n) is 23.9. The van der Waals surface area contributed by atoms with Gasteiger partial charge in [0, 0.05) is 61.1 Å². The Morgan fingerprint density at radius 3 is 1.76 bits per heavy atom. The van der Waals surface area contributed by atoms with Gasteiger partial charge in [-0.1, -0.05) is 60.7 Å². The van der Waals surface area contributed by atoms with Crippen molar-refractivity contribution in [3.8, 4) is 5.75 Å². The summed E-state index contributed by atoms with van der Waals surface area (Å²) in [4.78, 5) is 4.23. The van der Waals surface area contributed by atoms with Crippen LogP contribution in [0, 0.1) is 0 Å². The quantitative estimate of drug-likeness (QED) is 0.194. The number of anilines is 2. The lowest BCUT2D eigenvalue weighted by Gasteiger charge is -2.17. The first-order chi connectivity index (χ1) is 20.0. The Morgan fingerprint density at radius 2 is 1.17 bits per heavy atom. The van der Waals surface area contributed by atoms with E-state index in [0.717, 1.165) is 27.7 Å². The Labute approximate surface area is 247 Å². The van der Waals surface area contributed by atoms with Gasteiger partial charge in [0.2, 0.25) is 0 Å². The predicted molar refractivity (Wildman–Crippen MR) is 171 cm³/mol. The molecule has 5 rings (SSSR count). The van der Waals surface area contributed by atoms with Crippen molar-refractivity contribution in [1.29, 1.82) is 0 Å². The lowest BCUT2D eigenvalue weighted by molar-refractivity contribution is 0.486. The molecule has 0 heterocycles. The molecular weight excluding hydrogens is 571 g/mol. The molecule has 0 bridgehead atoms. The zero-order valence-corrected chi connectivity index (χ0v) is 25.5. The van der Waals surface area contributed by atoms with Crippen LogP contribution in [0.4, 0.5) is 11.4 Å². The average molecular weight is 604 g/mol. The van der Waals surface area contributed by atoms with Crippen molar-refractivity contribution in [3.63, 3.8) is 0 Å². The molecule has 0 radical (unpaired) electrons. The first kappa shape index (κ1) is 29.4. The molecule has 0 aliphatic rings. The summed E-state index contributed by atoms with van der Waals surface area (Å²) in [5, 5.41) is 2.92. The van der Waals surface area contributed by atoms with Crippen LogP contribution in [0.2, 0.25) is 0 Å². The van der Waals surface area contributed by atoms with Gasteiger partial charge in [-0.2, -0.15) is 8.42 Å². The molecule has 42 heavy (non-hydrogen) atoms. The van der Waals surface area contributed by atoms with E-state index in [-0.39, 0.29) is 22.1 Å². The Morgan fingerprint density at radius 1 is 0.667 bits per heavy atom. The predicted octanol–water partition coefficient (Wildman–Crippen LogP) is 6.44. The van der Waals surface area contributed by atoms with Crippen molar-refractivity contribution in [3.05, 3.63) is 103 Å². The second kappa shape index (κ2) is 11.6. The third-order valence-electron chi connectivity index (χ3n) is 7.01. The van der Waals surface area contributed by atoms with E-state index in [1.807, 2.05) is 80.5 Å². The average Bonchev–Trinajstić information content (AvgIpc) is 2.95. The standard InChI is InChI=1S/C32H33N3O5S2/c1-34(2)29-16-6-14-27-25(29)12-8-18-31(27)41(36,37)33-21-20-23-10-5-11-24(22-23)40-42(38,39)32-19-9-13-26-28(32)15-7-17-30(26)35(3)4/h5-19,22H,20-21H2,1-4H3,(H,33,36,37). The largest absolute Gasteiger partial charge is 0.379 e. The molecule has 0 aromatic heterocycles. The van der Waals surface area contributed by atoms with Crippen LogP contribution in [-0.2, 0) is 26.5 Å². The van der Waals surface area contributed by atoms with Gasteiger partial charge >= 0.3 is 10.1 Å². The highest BCUT2D eigenvalue weighted by Crippen LogP contribution is 2.33. The van der Waals surface area contributed by atoms with Gasteiger partial charge in [-0.25, -0.2) is 8.57 Å². The maximum Gasteiger partial charge on any atom is 0.339 e. The Bertz CT molecular complexity index is 2010. The Balaban J connectivity index is 1.37. The Hall–Kier alpha value is -4.12. The fourth-order valence-corrected chi connectivity index (χ4v) is 7.39. The second-order valence-electron chi connectivity index (χ2n) is 10.3. The third kappa shape index (κ3) is 5.92. The molecule has 0 fully saturated rings. The van der Waals surface area contributed by atoms with Gasteiger partial charge in [-0.15, -0.1) is 0 Å². The highest BCUT2D eigenvalue weighted by atomic mass is 32.2. The molecule has 0 saturated carbocycles. The molecule has 5 aromatic carbocycles. The summed E-state index contributed by atoms with van der Waals surface area (Å²) in [6.45, 7) is 0.0614. The van der Waals surface area contributed by atoms with E-state index in [9.17, 15) is 17.2 Å². The van der Waals surface area contributed by atoms with Gasteiger partial charge in [0.25, 0.3) is 0 Å². The zero-order chi connectivity index (χ0) is 30.1. The summed E-state index contributed by atoms with van der Waals surface area (Å²) in [6.07, 6.45) is 0.322. The van der Waals surface area contributed by atoms with E-state index in [2.05, 4.69) is 4.36 Å². The van der Waals surface area contributed by atoms with Crippen molar-refractivity contribution < 1.29 is 21.4 Å². The SMILES string of the molecule is CN(C)c1cccc2c(S(=O)(=O)Oc3cccc(CCN=S(=O)(O)c4cccc5c(N(C)C)cccc45)c3)cccc12. The van der Waals surface area contributed by atoms with E-state index in [1.165, 1.54) is 6.07 Å². The van der Waals surface area contributed by atoms with Crippen LogP contribution in [0.5, 0.6) is 5.75 Å². The minimum absolute atomic E-state index is 0.0614. The smallest absolute Gasteiger partial charge is 0.339 e. The summed E-state index contributed by atoms with van der Waals surface area (Å²) >= 11 is 0. The monoisotopic (exact) mass is 603 g/mol. The normalized spacial score (nSPS) is 13.1. The van der Waals surface area contributed by atoms with Crippen LogP contribution in [0.25, 0.3) is 21.5 Å². The van der Waals surface area contributed by atoms with Crippen molar-refractivity contribution in [2.75, 3.05) is 44.5 Å². The summed E-state index contributed by atoms with van der Waals surface area (Å²) in [5.74, 6) is 0.156. The van der Waals surface area contributed by atoms with Gasteiger partial charge in [-0.05, 0) is 48.4 Å². The van der Waals surface area contributed by atoms with Gasteiger partial charge in [-0.3, -0.25) is 4.55 Å². The summed E-state index contributed by atoms with van der Waals surface area (Å²) in [7, 11) is -0.160. The van der Waals surface area contributed by atoms with Crippen LogP contribution in [0.1, 0.15) is 5.56 Å². The van der Waals surface area contributed by atoms with Gasteiger partial charge in [0.05, 0.1) is 11.4 Å². The minimum Gasteiger partial charge on any atom is -0.379 e. The van der Waals surface area contributed by atoms with Crippen LogP contribution in [0.3, 0.4) is 0 Å². The van der Waals surface area contributed by atoms with Crippen LogP contribution >= 0.6 is 0 Å². The number of fused-ring (bicyclic) bond motifs is 2. The molecule has 218 valence electrons. The van der Waals surface area contributed by atoms with E-state index >= 15 is 0 Å². The molecule has 1 unspecified atom stereocenters. The molecular formula is C32H33N3O5S2. The van der Waals surface area contributed by atoms with E-state index < -0.39 is 20.1 Å². The van der Waals surface area contributed by atoms with Gasteiger partial charge in [0.15, 0.2) is 10.0 Å². The molecule has 0 saturated heterocycles. The number of nitrogens with zero attached hydrogens (tertiary/aromatic N) is 3. The molecule has 8 nitrogen and oxygen atoms in total. The van der Waals surface area contributed by atoms with Crippen LogP contribution in [0.15, 0.2) is 111 Å². The van der Waals surface area contributed by atoms with Crippen molar-refractivity contribution >= 4 is 53.0 Å². The molecule has 0 aliphatic carbocycles. The summed E-state index contributed by atoms with van der Waals surface area (Å²) in [5.41, 5.74) is 2.57. The third-order valence-corrected chi connectivity index (χ3v) is 9.78. The molecule has 10 heteroatoms. The van der Waals surface area contributed by atoms with Gasteiger partial charge in [0.1, 0.15) is 10.6 Å². The minimum atomic E-state index is -4.14. The number of rotatable bonds is 9. The molecule has 5 aromatic rings. The van der Waals surface area contributed by atoms with Crippen LogP contribution < -0.4 is 14.0 Å². The maximum atomic E-state index is 13.4. The van der Waals surface area contributed by atoms with Crippen molar-refractivity contribution in [2.45, 2.75) is 16.2 Å². The first-order valence-electron chi connectivity index (χ1n) is 13.3. The lowest BCUT2D eigenvalue weighted by Crippen LogP contribution is -2.12. The van der Waals surface area contributed by atoms with E-state index in [0.29, 0.717) is 17.2 Å². The molecule has 0 amide bonds. The molecule has 1 N–H and O–H groups in total.